The maximum Gasteiger partial charge on any atom is 0.337 e. The number of carbonyl (C=O) groups is 1. The van der Waals surface area contributed by atoms with Crippen LogP contribution in [-0.2, 0) is 0 Å². The molecule has 2 aromatic rings. The van der Waals surface area contributed by atoms with Crippen molar-refractivity contribution in [2.24, 2.45) is 0 Å². The fraction of sp³-hybridized carbons (Fsp3) is 0.0714. The van der Waals surface area contributed by atoms with Crippen molar-refractivity contribution in [3.05, 3.63) is 58.4 Å². The Morgan fingerprint density at radius 2 is 2.00 bits per heavy atom. The lowest BCUT2D eigenvalue weighted by Crippen LogP contribution is -2.04. The Kier molecular flexibility index (Phi) is 3.71. The van der Waals surface area contributed by atoms with E-state index < -0.39 is 5.97 Å². The maximum absolute atomic E-state index is 13.4. The van der Waals surface area contributed by atoms with Crippen LogP contribution in [0.15, 0.2) is 36.4 Å². The van der Waals surface area contributed by atoms with E-state index in [0.29, 0.717) is 22.0 Å². The summed E-state index contributed by atoms with van der Waals surface area (Å²) in [4.78, 5) is 11.1. The molecule has 2 N–H and O–H groups in total. The summed E-state index contributed by atoms with van der Waals surface area (Å²) in [6.07, 6.45) is 0. The van der Waals surface area contributed by atoms with E-state index in [1.807, 2.05) is 0 Å². The van der Waals surface area contributed by atoms with Crippen LogP contribution in [0, 0.1) is 12.7 Å². The van der Waals surface area contributed by atoms with Gasteiger partial charge in [0, 0.05) is 16.3 Å². The zero-order valence-electron chi connectivity index (χ0n) is 10.1. The Balaban J connectivity index is 2.44. The van der Waals surface area contributed by atoms with Gasteiger partial charge < -0.3 is 10.4 Å². The molecule has 0 radical (unpaired) electrons. The number of halogens is 2. The summed E-state index contributed by atoms with van der Waals surface area (Å²) in [5, 5.41) is 12.4. The summed E-state index contributed by atoms with van der Waals surface area (Å²) < 4.78 is 13.4. The molecule has 19 heavy (non-hydrogen) atoms. The van der Waals surface area contributed by atoms with Crippen LogP contribution in [-0.4, -0.2) is 11.1 Å². The SMILES string of the molecule is Cc1c(F)cccc1Nc1ccc(Cl)cc1C(=O)O. The van der Waals surface area contributed by atoms with Gasteiger partial charge in [0.15, 0.2) is 0 Å². The Bertz CT molecular complexity index is 643. The van der Waals surface area contributed by atoms with Crippen molar-refractivity contribution >= 4 is 28.9 Å². The Hall–Kier alpha value is -2.07. The molecule has 0 heterocycles. The zero-order chi connectivity index (χ0) is 14.0. The van der Waals surface area contributed by atoms with E-state index in [0.717, 1.165) is 0 Å². The molecule has 0 aliphatic carbocycles. The van der Waals surface area contributed by atoms with Gasteiger partial charge in [-0.25, -0.2) is 9.18 Å². The molecule has 3 nitrogen and oxygen atoms in total. The van der Waals surface area contributed by atoms with Crippen LogP contribution in [0.2, 0.25) is 5.02 Å². The summed E-state index contributed by atoms with van der Waals surface area (Å²) in [5.41, 5.74) is 1.35. The molecule has 0 amide bonds. The second-order valence-electron chi connectivity index (χ2n) is 4.03. The van der Waals surface area contributed by atoms with Crippen LogP contribution < -0.4 is 5.32 Å². The lowest BCUT2D eigenvalue weighted by Gasteiger charge is -2.12. The highest BCUT2D eigenvalue weighted by molar-refractivity contribution is 6.31. The molecule has 0 unspecified atom stereocenters. The van der Waals surface area contributed by atoms with Crippen LogP contribution in [0.5, 0.6) is 0 Å². The third-order valence-corrected chi connectivity index (χ3v) is 2.98. The van der Waals surface area contributed by atoms with Crippen LogP contribution in [0.1, 0.15) is 15.9 Å². The van der Waals surface area contributed by atoms with Crippen LogP contribution in [0.3, 0.4) is 0 Å². The van der Waals surface area contributed by atoms with Gasteiger partial charge in [0.25, 0.3) is 0 Å². The third-order valence-electron chi connectivity index (χ3n) is 2.75. The molecule has 2 aromatic carbocycles. The number of hydrogen-bond donors (Lipinski definition) is 2. The predicted octanol–water partition coefficient (Wildman–Crippen LogP) is 4.23. The molecule has 0 fully saturated rings. The molecule has 0 aliphatic heterocycles. The quantitative estimate of drug-likeness (QED) is 0.884. The second kappa shape index (κ2) is 5.28. The molecule has 0 saturated heterocycles. The third kappa shape index (κ3) is 2.85. The molecule has 0 spiro atoms. The standard InChI is InChI=1S/C14H11ClFNO2/c1-8-11(16)3-2-4-12(8)17-13-6-5-9(15)7-10(13)14(18)19/h2-7,17H,1H3,(H,18,19). The number of carboxylic acids is 1. The van der Waals surface area contributed by atoms with E-state index in [9.17, 15) is 9.18 Å². The first-order valence-corrected chi connectivity index (χ1v) is 5.92. The number of benzene rings is 2. The number of carboxylic acid groups (broad SMARTS) is 1. The van der Waals surface area contributed by atoms with Crippen molar-refractivity contribution in [3.63, 3.8) is 0 Å². The highest BCUT2D eigenvalue weighted by Crippen LogP contribution is 2.27. The molecule has 0 aromatic heterocycles. The van der Waals surface area contributed by atoms with Crippen molar-refractivity contribution in [1.82, 2.24) is 0 Å². The van der Waals surface area contributed by atoms with E-state index >= 15 is 0 Å². The highest BCUT2D eigenvalue weighted by atomic mass is 35.5. The van der Waals surface area contributed by atoms with Crippen LogP contribution in [0.4, 0.5) is 15.8 Å². The molecular formula is C14H11ClFNO2. The number of aromatic carboxylic acids is 1. The molecule has 0 saturated carbocycles. The number of rotatable bonds is 3. The fourth-order valence-corrected chi connectivity index (χ4v) is 1.86. The molecule has 5 heteroatoms. The molecular weight excluding hydrogens is 269 g/mol. The van der Waals surface area contributed by atoms with Gasteiger partial charge in [-0.3, -0.25) is 0 Å². The minimum Gasteiger partial charge on any atom is -0.478 e. The van der Waals surface area contributed by atoms with E-state index in [2.05, 4.69) is 5.32 Å². The summed E-state index contributed by atoms with van der Waals surface area (Å²) in [7, 11) is 0. The topological polar surface area (TPSA) is 49.3 Å². The number of anilines is 2. The number of nitrogens with one attached hydrogen (secondary N) is 1. The normalized spacial score (nSPS) is 10.3. The minimum absolute atomic E-state index is 0.0381. The predicted molar refractivity (Wildman–Crippen MR) is 72.8 cm³/mol. The average molecular weight is 280 g/mol. The van der Waals surface area contributed by atoms with Gasteiger partial charge in [-0.2, -0.15) is 0 Å². The summed E-state index contributed by atoms with van der Waals surface area (Å²) in [6, 6.07) is 9.06. The fourth-order valence-electron chi connectivity index (χ4n) is 1.69. The molecule has 0 bridgehead atoms. The van der Waals surface area contributed by atoms with Gasteiger partial charge in [0.2, 0.25) is 0 Å². The van der Waals surface area contributed by atoms with Gasteiger partial charge in [0.1, 0.15) is 5.82 Å². The van der Waals surface area contributed by atoms with E-state index in [4.69, 9.17) is 16.7 Å². The van der Waals surface area contributed by atoms with E-state index in [1.165, 1.54) is 12.1 Å². The smallest absolute Gasteiger partial charge is 0.337 e. The minimum atomic E-state index is -1.10. The van der Waals surface area contributed by atoms with E-state index in [1.54, 1.807) is 31.2 Å². The maximum atomic E-state index is 13.4. The number of hydrogen-bond acceptors (Lipinski definition) is 2. The zero-order valence-corrected chi connectivity index (χ0v) is 10.8. The van der Waals surface area contributed by atoms with Gasteiger partial charge in [0.05, 0.1) is 11.3 Å². The van der Waals surface area contributed by atoms with Crippen molar-refractivity contribution in [1.29, 1.82) is 0 Å². The Labute approximate surface area is 114 Å². The molecule has 98 valence electrons. The second-order valence-corrected chi connectivity index (χ2v) is 4.47. The van der Waals surface area contributed by atoms with Gasteiger partial charge in [-0.05, 0) is 37.3 Å². The summed E-state index contributed by atoms with van der Waals surface area (Å²) in [5.74, 6) is -1.45. The summed E-state index contributed by atoms with van der Waals surface area (Å²) >= 11 is 5.77. The highest BCUT2D eigenvalue weighted by Gasteiger charge is 2.12. The summed E-state index contributed by atoms with van der Waals surface area (Å²) in [6.45, 7) is 1.62. The first-order chi connectivity index (χ1) is 8.99. The lowest BCUT2D eigenvalue weighted by atomic mass is 10.1. The van der Waals surface area contributed by atoms with Crippen molar-refractivity contribution in [2.75, 3.05) is 5.32 Å². The first kappa shape index (κ1) is 13.4. The van der Waals surface area contributed by atoms with Crippen LogP contribution >= 0.6 is 11.6 Å². The van der Waals surface area contributed by atoms with Crippen molar-refractivity contribution < 1.29 is 14.3 Å². The van der Waals surface area contributed by atoms with E-state index in [-0.39, 0.29) is 11.4 Å². The van der Waals surface area contributed by atoms with Crippen molar-refractivity contribution in [3.8, 4) is 0 Å². The molecule has 0 atom stereocenters. The Morgan fingerprint density at radius 1 is 1.26 bits per heavy atom. The van der Waals surface area contributed by atoms with Gasteiger partial charge in [-0.15, -0.1) is 0 Å². The monoisotopic (exact) mass is 279 g/mol. The average Bonchev–Trinajstić information content (AvgIpc) is 2.36. The largest absolute Gasteiger partial charge is 0.478 e. The van der Waals surface area contributed by atoms with Crippen LogP contribution in [0.25, 0.3) is 0 Å². The van der Waals surface area contributed by atoms with Gasteiger partial charge >= 0.3 is 5.97 Å². The lowest BCUT2D eigenvalue weighted by molar-refractivity contribution is 0.0698. The van der Waals surface area contributed by atoms with Crippen molar-refractivity contribution in [2.45, 2.75) is 6.92 Å². The molecule has 2 rings (SSSR count). The first-order valence-electron chi connectivity index (χ1n) is 5.54. The van der Waals surface area contributed by atoms with Gasteiger partial charge in [-0.1, -0.05) is 17.7 Å². The Morgan fingerprint density at radius 3 is 2.68 bits per heavy atom. The molecule has 0 aliphatic rings.